The Hall–Kier alpha value is -0.950. The van der Waals surface area contributed by atoms with Crippen LogP contribution in [0.4, 0.5) is 0 Å². The summed E-state index contributed by atoms with van der Waals surface area (Å²) in [5.74, 6) is 2.68. The molecule has 1 rings (SSSR count). The van der Waals surface area contributed by atoms with Crippen LogP contribution >= 0.6 is 11.8 Å². The predicted octanol–water partition coefficient (Wildman–Crippen LogP) is 10.0. The van der Waals surface area contributed by atoms with E-state index in [1.165, 1.54) is 86.9 Å². The lowest BCUT2D eigenvalue weighted by molar-refractivity contribution is 0.298. The first-order chi connectivity index (χ1) is 14.8. The molecular weight excluding hydrogens is 392 g/mol. The maximum Gasteiger partial charge on any atom is -0.00675 e. The van der Waals surface area contributed by atoms with Crippen LogP contribution in [0.25, 0.3) is 0 Å². The second kappa shape index (κ2) is 15.8. The molecule has 0 atom stereocenters. The van der Waals surface area contributed by atoms with Gasteiger partial charge in [0.15, 0.2) is 0 Å². The highest BCUT2D eigenvalue weighted by Crippen LogP contribution is 2.32. The summed E-state index contributed by atoms with van der Waals surface area (Å²) in [6, 6.07) is 10.9. The van der Waals surface area contributed by atoms with Crippen molar-refractivity contribution >= 4 is 11.8 Å². The van der Waals surface area contributed by atoms with Gasteiger partial charge in [0.2, 0.25) is 0 Å². The van der Waals surface area contributed by atoms with Crippen molar-refractivity contribution < 1.29 is 0 Å². The highest BCUT2D eigenvalue weighted by Gasteiger charge is 2.18. The normalized spacial score (nSPS) is 13.3. The van der Waals surface area contributed by atoms with Crippen LogP contribution < -0.4 is 0 Å². The Balaban J connectivity index is 2.04. The molecule has 0 saturated heterocycles. The van der Waals surface area contributed by atoms with Crippen LogP contribution in [-0.4, -0.2) is 11.5 Å². The van der Waals surface area contributed by atoms with Gasteiger partial charge in [0.25, 0.3) is 0 Å². The molecule has 0 aliphatic carbocycles. The van der Waals surface area contributed by atoms with Crippen LogP contribution in [0, 0.1) is 10.8 Å². The molecule has 0 nitrogen and oxygen atoms in total. The molecule has 31 heavy (non-hydrogen) atoms. The molecular formula is C30H50S. The lowest BCUT2D eigenvalue weighted by Gasteiger charge is -2.25. The fraction of sp³-hybridized carbons (Fsp3) is 0.667. The third-order valence-electron chi connectivity index (χ3n) is 6.56. The van der Waals surface area contributed by atoms with Crippen LogP contribution in [-0.2, 0) is 6.42 Å². The topological polar surface area (TPSA) is 0 Å². The number of thioether (sulfide) groups is 1. The molecule has 0 amide bonds. The fourth-order valence-electron chi connectivity index (χ4n) is 4.12. The van der Waals surface area contributed by atoms with E-state index in [0.29, 0.717) is 10.8 Å². The molecule has 0 saturated carbocycles. The van der Waals surface area contributed by atoms with Crippen molar-refractivity contribution in [3.8, 4) is 0 Å². The molecule has 0 aliphatic heterocycles. The van der Waals surface area contributed by atoms with Crippen molar-refractivity contribution in [3.05, 3.63) is 59.7 Å². The van der Waals surface area contributed by atoms with Gasteiger partial charge >= 0.3 is 0 Å². The number of unbranched alkanes of at least 4 members (excludes halogenated alkanes) is 2. The molecule has 0 radical (unpaired) electrons. The number of rotatable bonds is 17. The Bertz CT molecular complexity index is 621. The van der Waals surface area contributed by atoms with Gasteiger partial charge < -0.3 is 0 Å². The summed E-state index contributed by atoms with van der Waals surface area (Å²) in [6.07, 6.45) is 19.9. The molecule has 0 unspecified atom stereocenters. The first-order valence-corrected chi connectivity index (χ1v) is 13.8. The predicted molar refractivity (Wildman–Crippen MR) is 145 cm³/mol. The SMILES string of the molecule is C/C=C\C(=C/C)CCC(C)(C)CCCCSCCCCC(C)(C)CCc1ccccc1. The lowest BCUT2D eigenvalue weighted by Crippen LogP contribution is -2.12. The third-order valence-corrected chi connectivity index (χ3v) is 7.71. The number of benzene rings is 1. The quantitative estimate of drug-likeness (QED) is 0.171. The summed E-state index contributed by atoms with van der Waals surface area (Å²) in [5.41, 5.74) is 3.89. The first-order valence-electron chi connectivity index (χ1n) is 12.7. The average Bonchev–Trinajstić information content (AvgIpc) is 2.75. The zero-order valence-corrected chi connectivity index (χ0v) is 22.3. The van der Waals surface area contributed by atoms with Gasteiger partial charge in [-0.2, -0.15) is 11.8 Å². The standard InChI is InChI=1S/C30H50S/c1-7-16-27(8-2)19-23-29(3,4)21-12-14-25-31-26-15-13-22-30(5,6)24-20-28-17-10-9-11-18-28/h7-11,16-18H,12-15,19-26H2,1-6H3/b16-7-,27-8+. The van der Waals surface area contributed by atoms with Crippen molar-refractivity contribution in [3.63, 3.8) is 0 Å². The summed E-state index contributed by atoms with van der Waals surface area (Å²) in [6.45, 7) is 14.1. The van der Waals surface area contributed by atoms with Gasteiger partial charge in [-0.3, -0.25) is 0 Å². The molecule has 0 bridgehead atoms. The Morgan fingerprint density at radius 2 is 1.35 bits per heavy atom. The number of allylic oxidation sites excluding steroid dienone is 4. The van der Waals surface area contributed by atoms with Gasteiger partial charge in [-0.1, -0.05) is 94.7 Å². The van der Waals surface area contributed by atoms with Gasteiger partial charge in [-0.25, -0.2) is 0 Å². The smallest absolute Gasteiger partial charge is 0.00675 e. The van der Waals surface area contributed by atoms with Gasteiger partial charge in [-0.15, -0.1) is 0 Å². The zero-order valence-electron chi connectivity index (χ0n) is 21.5. The van der Waals surface area contributed by atoms with Gasteiger partial charge in [-0.05, 0) is 93.1 Å². The molecule has 176 valence electrons. The largest absolute Gasteiger partial charge is 0.162 e. The van der Waals surface area contributed by atoms with Crippen LogP contribution in [0.15, 0.2) is 54.1 Å². The number of aryl methyl sites for hydroxylation is 1. The Morgan fingerprint density at radius 1 is 0.774 bits per heavy atom. The third kappa shape index (κ3) is 14.7. The minimum absolute atomic E-state index is 0.464. The highest BCUT2D eigenvalue weighted by molar-refractivity contribution is 7.99. The number of hydrogen-bond donors (Lipinski definition) is 0. The zero-order chi connectivity index (χ0) is 23.0. The Morgan fingerprint density at radius 3 is 1.90 bits per heavy atom. The van der Waals surface area contributed by atoms with Crippen LogP contribution in [0.2, 0.25) is 0 Å². The van der Waals surface area contributed by atoms with Crippen molar-refractivity contribution in [2.75, 3.05) is 11.5 Å². The Kier molecular flexibility index (Phi) is 14.3. The van der Waals surface area contributed by atoms with E-state index in [1.54, 1.807) is 0 Å². The summed E-state index contributed by atoms with van der Waals surface area (Å²) < 4.78 is 0. The second-order valence-corrected chi connectivity index (χ2v) is 11.9. The molecule has 0 spiro atoms. The van der Waals surface area contributed by atoms with E-state index in [1.807, 2.05) is 0 Å². The van der Waals surface area contributed by atoms with Gasteiger partial charge in [0.05, 0.1) is 0 Å². The first kappa shape index (κ1) is 28.1. The van der Waals surface area contributed by atoms with Gasteiger partial charge in [0.1, 0.15) is 0 Å². The molecule has 0 aromatic heterocycles. The van der Waals surface area contributed by atoms with Crippen molar-refractivity contribution in [1.29, 1.82) is 0 Å². The van der Waals surface area contributed by atoms with E-state index in [9.17, 15) is 0 Å². The van der Waals surface area contributed by atoms with Crippen LogP contribution in [0.1, 0.15) is 105 Å². The summed E-state index contributed by atoms with van der Waals surface area (Å²) in [7, 11) is 0. The molecule has 1 heteroatoms. The van der Waals surface area contributed by atoms with Crippen LogP contribution in [0.3, 0.4) is 0 Å². The summed E-state index contributed by atoms with van der Waals surface area (Å²) in [5, 5.41) is 0. The van der Waals surface area contributed by atoms with Gasteiger partial charge in [0, 0.05) is 0 Å². The van der Waals surface area contributed by atoms with E-state index in [4.69, 9.17) is 0 Å². The average molecular weight is 443 g/mol. The monoisotopic (exact) mass is 442 g/mol. The van der Waals surface area contributed by atoms with Crippen molar-refractivity contribution in [2.24, 2.45) is 10.8 Å². The van der Waals surface area contributed by atoms with Crippen molar-refractivity contribution in [1.82, 2.24) is 0 Å². The molecule has 1 aromatic rings. The van der Waals surface area contributed by atoms with E-state index >= 15 is 0 Å². The van der Waals surface area contributed by atoms with E-state index < -0.39 is 0 Å². The molecule has 0 aliphatic rings. The second-order valence-electron chi connectivity index (χ2n) is 10.7. The fourth-order valence-corrected chi connectivity index (χ4v) is 5.14. The molecule has 0 N–H and O–H groups in total. The lowest BCUT2D eigenvalue weighted by atomic mass is 9.81. The van der Waals surface area contributed by atoms with E-state index in [0.717, 1.165) is 0 Å². The summed E-state index contributed by atoms with van der Waals surface area (Å²) >= 11 is 2.17. The summed E-state index contributed by atoms with van der Waals surface area (Å²) in [4.78, 5) is 0. The number of hydrogen-bond acceptors (Lipinski definition) is 1. The van der Waals surface area contributed by atoms with E-state index in [-0.39, 0.29) is 0 Å². The Labute approximate surface area is 199 Å². The minimum Gasteiger partial charge on any atom is -0.162 e. The van der Waals surface area contributed by atoms with Crippen LogP contribution in [0.5, 0.6) is 0 Å². The van der Waals surface area contributed by atoms with E-state index in [2.05, 4.69) is 102 Å². The highest BCUT2D eigenvalue weighted by atomic mass is 32.2. The maximum atomic E-state index is 2.45. The molecule has 0 fully saturated rings. The van der Waals surface area contributed by atoms with Crippen molar-refractivity contribution in [2.45, 2.75) is 106 Å². The molecule has 0 heterocycles. The molecule has 1 aromatic carbocycles. The minimum atomic E-state index is 0.464. The maximum absolute atomic E-state index is 2.45.